The summed E-state index contributed by atoms with van der Waals surface area (Å²) in [5.41, 5.74) is 0. The van der Waals surface area contributed by atoms with Crippen LogP contribution in [0.15, 0.2) is 12.2 Å². The number of hydrogen-bond donors (Lipinski definition) is 0. The maximum Gasteiger partial charge on any atom is -0.00531 e. The van der Waals surface area contributed by atoms with Crippen LogP contribution in [0.25, 0.3) is 0 Å². The Balaban J connectivity index is 0. The van der Waals surface area contributed by atoms with Crippen molar-refractivity contribution in [3.8, 4) is 0 Å². The molecule has 0 saturated carbocycles. The molecule has 0 spiro atoms. The first-order valence-corrected chi connectivity index (χ1v) is 5.96. The van der Waals surface area contributed by atoms with Gasteiger partial charge in [0, 0.05) is 0 Å². The highest BCUT2D eigenvalue weighted by Crippen LogP contribution is 2.23. The highest BCUT2D eigenvalue weighted by molar-refractivity contribution is 5.85. The van der Waals surface area contributed by atoms with Crippen LogP contribution in [0.1, 0.15) is 45.4 Å². The number of allylic oxidation sites excluding steroid dienone is 2. The zero-order chi connectivity index (χ0) is 10.8. The first-order chi connectivity index (χ1) is 6.66. The van der Waals surface area contributed by atoms with E-state index in [0.29, 0.717) is 0 Å². The highest BCUT2D eigenvalue weighted by Gasteiger charge is 2.08. The number of nitrogens with zero attached hydrogens (tertiary/aromatic N) is 1. The molecule has 0 saturated heterocycles. The lowest BCUT2D eigenvalue weighted by Gasteiger charge is -1.97. The second-order valence-electron chi connectivity index (χ2n) is 4.59. The van der Waals surface area contributed by atoms with Crippen LogP contribution < -0.4 is 0 Å². The average Bonchev–Trinajstić information content (AvgIpc) is 2.87. The summed E-state index contributed by atoms with van der Waals surface area (Å²) in [6.45, 7) is 2.27. The van der Waals surface area contributed by atoms with Crippen LogP contribution >= 0.6 is 12.4 Å². The van der Waals surface area contributed by atoms with E-state index in [0.717, 1.165) is 5.92 Å². The molecule has 1 aliphatic rings. The molecule has 0 amide bonds. The van der Waals surface area contributed by atoms with Gasteiger partial charge in [-0.05, 0) is 33.5 Å². The molecule has 15 heavy (non-hydrogen) atoms. The molecule has 0 bridgehead atoms. The van der Waals surface area contributed by atoms with Crippen LogP contribution in [-0.2, 0) is 0 Å². The van der Waals surface area contributed by atoms with Crippen LogP contribution in [0, 0.1) is 5.92 Å². The van der Waals surface area contributed by atoms with Crippen LogP contribution in [0.4, 0.5) is 0 Å². The molecular weight excluding hydrogens is 206 g/mol. The summed E-state index contributed by atoms with van der Waals surface area (Å²) in [4.78, 5) is 2.00. The Morgan fingerprint density at radius 2 is 1.40 bits per heavy atom. The summed E-state index contributed by atoms with van der Waals surface area (Å²) in [5, 5.41) is 0. The summed E-state index contributed by atoms with van der Waals surface area (Å²) in [6, 6.07) is 0. The third-order valence-corrected chi connectivity index (χ3v) is 2.11. The molecule has 0 aromatic carbocycles. The van der Waals surface area contributed by atoms with E-state index in [4.69, 9.17) is 0 Å². The topological polar surface area (TPSA) is 3.24 Å². The third-order valence-electron chi connectivity index (χ3n) is 2.11. The third kappa shape index (κ3) is 20.2. The fourth-order valence-electron chi connectivity index (χ4n) is 1.25. The van der Waals surface area contributed by atoms with Gasteiger partial charge in [-0.15, -0.1) is 12.4 Å². The molecule has 0 heterocycles. The van der Waals surface area contributed by atoms with Gasteiger partial charge in [0.2, 0.25) is 0 Å². The largest absolute Gasteiger partial charge is 0.312 e. The molecule has 0 aromatic heterocycles. The lowest BCUT2D eigenvalue weighted by Crippen LogP contribution is -1.99. The molecule has 0 radical (unpaired) electrons. The zero-order valence-electron chi connectivity index (χ0n) is 10.8. The molecular formula is C13H28ClN. The minimum absolute atomic E-state index is 0. The normalized spacial score (nSPS) is 13.1. The van der Waals surface area contributed by atoms with Gasteiger partial charge < -0.3 is 4.90 Å². The van der Waals surface area contributed by atoms with Gasteiger partial charge in [-0.3, -0.25) is 0 Å². The van der Waals surface area contributed by atoms with Crippen molar-refractivity contribution in [2.75, 3.05) is 21.1 Å². The molecule has 0 aromatic rings. The fourth-order valence-corrected chi connectivity index (χ4v) is 1.25. The van der Waals surface area contributed by atoms with E-state index >= 15 is 0 Å². The first-order valence-electron chi connectivity index (χ1n) is 5.96. The van der Waals surface area contributed by atoms with Crippen molar-refractivity contribution >= 4 is 12.4 Å². The molecule has 92 valence electrons. The van der Waals surface area contributed by atoms with Crippen LogP contribution in [-0.4, -0.2) is 26.0 Å². The number of unbranched alkanes of at least 4 members (excludes halogenated alkanes) is 4. The number of rotatable bonds is 6. The summed E-state index contributed by atoms with van der Waals surface area (Å²) >= 11 is 0. The van der Waals surface area contributed by atoms with Crippen LogP contribution in [0.5, 0.6) is 0 Å². The van der Waals surface area contributed by atoms with Gasteiger partial charge in [-0.25, -0.2) is 0 Å². The maximum atomic E-state index is 2.31. The van der Waals surface area contributed by atoms with Gasteiger partial charge in [-0.1, -0.05) is 51.2 Å². The lowest BCUT2D eigenvalue weighted by atomic mass is 10.1. The Morgan fingerprint density at radius 1 is 0.933 bits per heavy atom. The standard InChI is InChI=1S/C10H18.C3H9N.ClH/c1-2-3-4-5-6-7-10-8-9-10;1-4(2)3;/h8-10H,2-7H2,1H3;1-3H3;1H. The molecule has 0 aliphatic heterocycles. The molecule has 2 heteroatoms. The van der Waals surface area contributed by atoms with Crippen molar-refractivity contribution in [1.29, 1.82) is 0 Å². The number of halogens is 1. The average molecular weight is 234 g/mol. The summed E-state index contributed by atoms with van der Waals surface area (Å²) in [5.74, 6) is 0.904. The van der Waals surface area contributed by atoms with Crippen molar-refractivity contribution in [2.24, 2.45) is 5.92 Å². The van der Waals surface area contributed by atoms with E-state index in [1.807, 2.05) is 26.0 Å². The Kier molecular flexibility index (Phi) is 14.0. The van der Waals surface area contributed by atoms with Gasteiger partial charge in [0.15, 0.2) is 0 Å². The molecule has 1 aliphatic carbocycles. The SMILES string of the molecule is CCCCCCCC1C=C1.CN(C)C.Cl. The monoisotopic (exact) mass is 233 g/mol. The predicted molar refractivity (Wildman–Crippen MR) is 72.9 cm³/mol. The molecule has 0 fully saturated rings. The fraction of sp³-hybridized carbons (Fsp3) is 0.846. The first kappa shape index (κ1) is 17.4. The number of hydrogen-bond acceptors (Lipinski definition) is 1. The Morgan fingerprint density at radius 3 is 1.80 bits per heavy atom. The molecule has 1 rings (SSSR count). The van der Waals surface area contributed by atoms with Crippen LogP contribution in [0.3, 0.4) is 0 Å². The second-order valence-corrected chi connectivity index (χ2v) is 4.59. The van der Waals surface area contributed by atoms with Crippen LogP contribution in [0.2, 0.25) is 0 Å². The predicted octanol–water partition coefficient (Wildman–Crippen LogP) is 4.13. The lowest BCUT2D eigenvalue weighted by molar-refractivity contribution is 0.505. The quantitative estimate of drug-likeness (QED) is 0.493. The van der Waals surface area contributed by atoms with E-state index in [9.17, 15) is 0 Å². The van der Waals surface area contributed by atoms with Gasteiger partial charge in [0.1, 0.15) is 0 Å². The summed E-state index contributed by atoms with van der Waals surface area (Å²) < 4.78 is 0. The highest BCUT2D eigenvalue weighted by atomic mass is 35.5. The minimum atomic E-state index is 0. The smallest absolute Gasteiger partial charge is 0.00531 e. The Labute approximate surface area is 102 Å². The van der Waals surface area contributed by atoms with Gasteiger partial charge in [0.05, 0.1) is 0 Å². The van der Waals surface area contributed by atoms with E-state index in [1.165, 1.54) is 38.5 Å². The summed E-state index contributed by atoms with van der Waals surface area (Å²) in [7, 11) is 6.00. The molecule has 1 nitrogen and oxygen atoms in total. The van der Waals surface area contributed by atoms with E-state index in [2.05, 4.69) is 19.1 Å². The van der Waals surface area contributed by atoms with Gasteiger partial charge >= 0.3 is 0 Å². The van der Waals surface area contributed by atoms with Crippen molar-refractivity contribution in [2.45, 2.75) is 45.4 Å². The second kappa shape index (κ2) is 12.1. The molecule has 0 unspecified atom stereocenters. The van der Waals surface area contributed by atoms with Crippen molar-refractivity contribution in [3.05, 3.63) is 12.2 Å². The van der Waals surface area contributed by atoms with E-state index in [-0.39, 0.29) is 12.4 Å². The van der Waals surface area contributed by atoms with E-state index < -0.39 is 0 Å². The Bertz CT molecular complexity index is 135. The van der Waals surface area contributed by atoms with Gasteiger partial charge in [-0.2, -0.15) is 0 Å². The van der Waals surface area contributed by atoms with E-state index in [1.54, 1.807) is 0 Å². The zero-order valence-corrected chi connectivity index (χ0v) is 11.6. The molecule has 0 N–H and O–H groups in total. The van der Waals surface area contributed by atoms with Gasteiger partial charge in [0.25, 0.3) is 0 Å². The maximum absolute atomic E-state index is 2.31. The minimum Gasteiger partial charge on any atom is -0.312 e. The Hall–Kier alpha value is -0.0100. The van der Waals surface area contributed by atoms with Crippen molar-refractivity contribution in [3.63, 3.8) is 0 Å². The molecule has 0 atom stereocenters. The summed E-state index contributed by atoms with van der Waals surface area (Å²) in [6.07, 6.45) is 13.2. The van der Waals surface area contributed by atoms with Crippen molar-refractivity contribution < 1.29 is 0 Å². The van der Waals surface area contributed by atoms with Crippen molar-refractivity contribution in [1.82, 2.24) is 4.90 Å².